The van der Waals surface area contributed by atoms with Gasteiger partial charge in [-0.3, -0.25) is 0 Å². The smallest absolute Gasteiger partial charge is 0.189 e. The maximum absolute atomic E-state index is 13.7. The fourth-order valence-electron chi connectivity index (χ4n) is 1.79. The van der Waals surface area contributed by atoms with Crippen LogP contribution in [0, 0.1) is 0 Å². The highest BCUT2D eigenvalue weighted by Gasteiger charge is 3.06. The number of hydrogen-bond donors (Lipinski definition) is 0. The van der Waals surface area contributed by atoms with Gasteiger partial charge in [0.05, 0.1) is 0 Å². The molecule has 28 heavy (non-hydrogen) atoms. The van der Waals surface area contributed by atoms with Gasteiger partial charge in [-0.05, 0) is 4.65 Å². The van der Waals surface area contributed by atoms with E-state index in [4.69, 9.17) is 0 Å². The monoisotopic (exact) mass is 464 g/mol. The van der Waals surface area contributed by atoms with Gasteiger partial charge in [-0.2, -0.15) is 61.5 Å². The van der Waals surface area contributed by atoms with Crippen LogP contribution < -0.4 is 0 Å². The van der Waals surface area contributed by atoms with Crippen LogP contribution in [0.15, 0.2) is 0 Å². The number of quaternary nitrogens is 1. The minimum absolute atomic E-state index is 1.17. The highest BCUT2D eigenvalue weighted by Crippen LogP contribution is 2.69. The van der Waals surface area contributed by atoms with Crippen molar-refractivity contribution in [3.63, 3.8) is 0 Å². The molecule has 1 aliphatic heterocycles. The summed E-state index contributed by atoms with van der Waals surface area (Å²) in [6.45, 7) is 0. The predicted molar refractivity (Wildman–Crippen MR) is 48.0 cm³/mol. The zero-order valence-corrected chi connectivity index (χ0v) is 12.3. The van der Waals surface area contributed by atoms with Crippen molar-refractivity contribution < 1.29 is 84.1 Å². The summed E-state index contributed by atoms with van der Waals surface area (Å²) < 4.78 is 211. The zero-order valence-electron chi connectivity index (χ0n) is 12.3. The van der Waals surface area contributed by atoms with Gasteiger partial charge < -0.3 is 0 Å². The summed E-state index contributed by atoms with van der Waals surface area (Å²) in [7, 11) is -1.17. The van der Waals surface area contributed by atoms with Crippen LogP contribution in [0.3, 0.4) is 0 Å². The highest BCUT2D eigenvalue weighted by molar-refractivity contribution is 5.03. The molecule has 0 N–H and O–H groups in total. The van der Waals surface area contributed by atoms with Gasteiger partial charge in [0.15, 0.2) is 0 Å². The standard InChI is InChI=1S/C9H3F17NO/c1-27(8(24,25)4(14,15)2(10,11)6(18,19)20)9(26,28-27)5(16,17)3(12,13)7(21,22)23/h1H3/q+1/t9-,27?/m1/s1. The van der Waals surface area contributed by atoms with Crippen molar-refractivity contribution in [2.75, 3.05) is 7.05 Å². The lowest BCUT2D eigenvalue weighted by molar-refractivity contribution is -1.01. The van der Waals surface area contributed by atoms with Gasteiger partial charge in [0.2, 0.25) is 0 Å². The Morgan fingerprint density at radius 3 is 1.18 bits per heavy atom. The first kappa shape index (κ1) is 24.8. The summed E-state index contributed by atoms with van der Waals surface area (Å²) in [5, 5.41) is 0. The molecule has 0 saturated carbocycles. The molecule has 168 valence electrons. The molecule has 2 atom stereocenters. The van der Waals surface area contributed by atoms with Crippen LogP contribution in [0.5, 0.6) is 0 Å². The minimum Gasteiger partial charge on any atom is -0.189 e. The van der Waals surface area contributed by atoms with Crippen LogP contribution in [0.1, 0.15) is 0 Å². The van der Waals surface area contributed by atoms with Crippen molar-refractivity contribution >= 4 is 0 Å². The van der Waals surface area contributed by atoms with Crippen molar-refractivity contribution in [3.05, 3.63) is 0 Å². The zero-order chi connectivity index (χ0) is 23.2. The molecule has 1 saturated heterocycles. The molecule has 1 rings (SSSR count). The lowest BCUT2D eigenvalue weighted by Gasteiger charge is -2.34. The number of halogens is 17. The number of nitrogens with zero attached hydrogens (tertiary/aromatic N) is 1. The van der Waals surface area contributed by atoms with Crippen molar-refractivity contribution in [1.82, 2.24) is 0 Å². The first-order valence-electron chi connectivity index (χ1n) is 5.99. The van der Waals surface area contributed by atoms with Crippen LogP contribution in [0.4, 0.5) is 74.6 Å². The van der Waals surface area contributed by atoms with E-state index in [2.05, 4.69) is 4.84 Å². The second-order valence-corrected chi connectivity index (χ2v) is 5.41. The van der Waals surface area contributed by atoms with Gasteiger partial charge >= 0.3 is 48.1 Å². The number of hydroxylamine groups is 3. The molecule has 2 nitrogen and oxygen atoms in total. The first-order valence-corrected chi connectivity index (χ1v) is 5.99. The van der Waals surface area contributed by atoms with Crippen LogP contribution in [0.25, 0.3) is 0 Å². The van der Waals surface area contributed by atoms with Crippen molar-refractivity contribution in [3.8, 4) is 0 Å². The van der Waals surface area contributed by atoms with E-state index < -0.39 is 59.8 Å². The SMILES string of the molecule is C[N+]1(C(F)(F)C(F)(F)C(F)(F)C(F)(F)F)O[C@@]1(F)C(F)(F)C(F)(F)C(F)(F)F. The molecule has 0 aromatic rings. The maximum atomic E-state index is 13.7. The third-order valence-corrected chi connectivity index (χ3v) is 3.62. The maximum Gasteiger partial charge on any atom is 0.506 e. The van der Waals surface area contributed by atoms with E-state index in [0.717, 1.165) is 0 Å². The highest BCUT2D eigenvalue weighted by atomic mass is 19.4. The quantitative estimate of drug-likeness (QED) is 0.234. The van der Waals surface area contributed by atoms with Crippen LogP contribution in [-0.2, 0) is 4.84 Å². The summed E-state index contributed by atoms with van der Waals surface area (Å²) in [6.07, 6.45) is -14.9. The second kappa shape index (κ2) is 5.45. The Labute approximate surface area is 141 Å². The Morgan fingerprint density at radius 2 is 0.893 bits per heavy atom. The number of alkyl halides is 17. The van der Waals surface area contributed by atoms with E-state index >= 15 is 0 Å². The van der Waals surface area contributed by atoms with Crippen molar-refractivity contribution in [2.24, 2.45) is 0 Å². The topological polar surface area (TPSA) is 12.5 Å². The van der Waals surface area contributed by atoms with E-state index in [0.29, 0.717) is 0 Å². The van der Waals surface area contributed by atoms with Crippen LogP contribution in [-0.4, -0.2) is 59.8 Å². The average Bonchev–Trinajstić information content (AvgIpc) is 3.02. The molecule has 1 unspecified atom stereocenters. The van der Waals surface area contributed by atoms with E-state index in [-0.39, 0.29) is 0 Å². The van der Waals surface area contributed by atoms with E-state index in [9.17, 15) is 74.6 Å². The fraction of sp³-hybridized carbons (Fsp3) is 1.00. The summed E-state index contributed by atoms with van der Waals surface area (Å²) in [5.74, 6) is -37.2. The Kier molecular flexibility index (Phi) is 4.82. The van der Waals surface area contributed by atoms with Crippen molar-refractivity contribution in [2.45, 2.75) is 48.1 Å². The van der Waals surface area contributed by atoms with Gasteiger partial charge in [-0.1, -0.05) is 4.84 Å². The number of rotatable bonds is 5. The number of hydrogen-bond acceptors (Lipinski definition) is 1. The fourth-order valence-corrected chi connectivity index (χ4v) is 1.79. The summed E-state index contributed by atoms with van der Waals surface area (Å²) in [4.78, 5) is 2.51. The average molecular weight is 464 g/mol. The van der Waals surface area contributed by atoms with Gasteiger partial charge in [0.25, 0.3) is 0 Å². The Hall–Kier alpha value is -1.27. The summed E-state index contributed by atoms with van der Waals surface area (Å²) in [5.41, 5.74) is 0. The second-order valence-electron chi connectivity index (χ2n) is 5.41. The molecule has 1 fully saturated rings. The van der Waals surface area contributed by atoms with E-state index in [1.54, 1.807) is 0 Å². The minimum atomic E-state index is -7.84. The molecule has 1 heterocycles. The molecule has 0 aliphatic carbocycles. The lowest BCUT2D eigenvalue weighted by Crippen LogP contribution is -2.70. The third-order valence-electron chi connectivity index (χ3n) is 3.62. The largest absolute Gasteiger partial charge is 0.506 e. The molecular formula is C9H3F17NO+. The molecule has 19 heteroatoms. The lowest BCUT2D eigenvalue weighted by atomic mass is 10.1. The molecule has 1 aliphatic rings. The Bertz CT molecular complexity index is 634. The van der Waals surface area contributed by atoms with Gasteiger partial charge in [0.1, 0.15) is 7.05 Å². The third kappa shape index (κ3) is 2.49. The van der Waals surface area contributed by atoms with Gasteiger partial charge in [-0.15, -0.1) is 13.2 Å². The first-order chi connectivity index (χ1) is 11.7. The Balaban J connectivity index is 3.55. The van der Waals surface area contributed by atoms with Crippen LogP contribution in [0.2, 0.25) is 0 Å². The summed E-state index contributed by atoms with van der Waals surface area (Å²) >= 11 is 0. The normalized spacial score (nSPS) is 28.5. The summed E-state index contributed by atoms with van der Waals surface area (Å²) in [6, 6.07) is -7.42. The van der Waals surface area contributed by atoms with E-state index in [1.807, 2.05) is 0 Å². The van der Waals surface area contributed by atoms with Gasteiger partial charge in [0, 0.05) is 0 Å². The molecule has 0 amide bonds. The molecule has 0 aromatic heterocycles. The predicted octanol–water partition coefficient (Wildman–Crippen LogP) is 5.26. The van der Waals surface area contributed by atoms with Crippen LogP contribution >= 0.6 is 0 Å². The molecule has 0 spiro atoms. The van der Waals surface area contributed by atoms with Crippen molar-refractivity contribution in [1.29, 1.82) is 0 Å². The molecular weight excluding hydrogens is 461 g/mol. The Morgan fingerprint density at radius 1 is 0.571 bits per heavy atom. The molecule has 0 aromatic carbocycles. The van der Waals surface area contributed by atoms with Gasteiger partial charge in [-0.25, -0.2) is 0 Å². The molecule has 0 bridgehead atoms. The molecule has 0 radical (unpaired) electrons. The van der Waals surface area contributed by atoms with E-state index in [1.165, 1.54) is 0 Å².